The maximum absolute atomic E-state index is 12.5. The third-order valence-electron chi connectivity index (χ3n) is 4.02. The van der Waals surface area contributed by atoms with Gasteiger partial charge in [0.15, 0.2) is 5.76 Å². The summed E-state index contributed by atoms with van der Waals surface area (Å²) in [7, 11) is 0. The zero-order valence-corrected chi connectivity index (χ0v) is 13.1. The van der Waals surface area contributed by atoms with E-state index in [1.54, 1.807) is 0 Å². The molecule has 0 bridgehead atoms. The van der Waals surface area contributed by atoms with Crippen LogP contribution in [-0.4, -0.2) is 22.6 Å². The van der Waals surface area contributed by atoms with Crippen molar-refractivity contribution in [1.29, 1.82) is 0 Å². The number of aryl methyl sites for hydroxylation is 2. The Hall–Kier alpha value is -2.24. The smallest absolute Gasteiger partial charge is 0.318 e. The lowest BCUT2D eigenvalue weighted by Crippen LogP contribution is -2.40. The first-order chi connectivity index (χ1) is 10.5. The van der Waals surface area contributed by atoms with Crippen molar-refractivity contribution >= 4 is 6.03 Å². The topological polar surface area (TPSA) is 71.5 Å². The van der Waals surface area contributed by atoms with Gasteiger partial charge < -0.3 is 19.2 Å². The normalized spacial score (nSPS) is 19.4. The Morgan fingerprint density at radius 1 is 1.45 bits per heavy atom. The fourth-order valence-electron chi connectivity index (χ4n) is 2.87. The monoisotopic (exact) mass is 303 g/mol. The molecule has 1 N–H and O–H groups in total. The summed E-state index contributed by atoms with van der Waals surface area (Å²) in [6.45, 7) is 6.41. The van der Waals surface area contributed by atoms with Gasteiger partial charge in [-0.1, -0.05) is 5.16 Å². The van der Waals surface area contributed by atoms with Crippen molar-refractivity contribution in [2.75, 3.05) is 6.54 Å². The second kappa shape index (κ2) is 5.87. The summed E-state index contributed by atoms with van der Waals surface area (Å²) < 4.78 is 10.9. The number of furan rings is 1. The van der Waals surface area contributed by atoms with Crippen molar-refractivity contribution in [2.45, 2.75) is 45.7 Å². The number of hydrogen-bond acceptors (Lipinski definition) is 4. The van der Waals surface area contributed by atoms with Crippen LogP contribution in [0.25, 0.3) is 0 Å². The van der Waals surface area contributed by atoms with Crippen LogP contribution in [0, 0.1) is 13.8 Å². The second-order valence-electron chi connectivity index (χ2n) is 5.84. The standard InChI is InChI=1S/C16H21N3O3/c1-10-9-15(22-18-10)13-5-4-8-19(13)16(20)17-12(3)14-7-6-11(2)21-14/h6-7,9,12-13H,4-5,8H2,1-3H3,(H,17,20)/t12-,13-/m0/s1. The highest BCUT2D eigenvalue weighted by Crippen LogP contribution is 2.32. The highest BCUT2D eigenvalue weighted by Gasteiger charge is 2.33. The van der Waals surface area contributed by atoms with Gasteiger partial charge in [0, 0.05) is 12.6 Å². The van der Waals surface area contributed by atoms with Gasteiger partial charge in [0.25, 0.3) is 0 Å². The third kappa shape index (κ3) is 2.86. The molecule has 0 saturated carbocycles. The van der Waals surface area contributed by atoms with E-state index < -0.39 is 0 Å². The number of carbonyl (C=O) groups is 1. The van der Waals surface area contributed by atoms with Gasteiger partial charge >= 0.3 is 6.03 Å². The number of hydrogen-bond donors (Lipinski definition) is 1. The van der Waals surface area contributed by atoms with E-state index in [0.29, 0.717) is 0 Å². The molecule has 1 aliphatic heterocycles. The number of urea groups is 1. The molecule has 0 aromatic carbocycles. The summed E-state index contributed by atoms with van der Waals surface area (Å²) in [6, 6.07) is 5.38. The first-order valence-electron chi connectivity index (χ1n) is 7.61. The third-order valence-corrected chi connectivity index (χ3v) is 4.02. The molecule has 0 spiro atoms. The number of nitrogens with one attached hydrogen (secondary N) is 1. The van der Waals surface area contributed by atoms with Gasteiger partial charge in [-0.2, -0.15) is 0 Å². The van der Waals surface area contributed by atoms with E-state index in [0.717, 1.165) is 42.4 Å². The van der Waals surface area contributed by atoms with E-state index in [1.807, 2.05) is 43.9 Å². The molecular formula is C16H21N3O3. The lowest BCUT2D eigenvalue weighted by Gasteiger charge is -2.24. The van der Waals surface area contributed by atoms with Crippen LogP contribution in [0.2, 0.25) is 0 Å². The minimum atomic E-state index is -0.168. The molecule has 3 rings (SSSR count). The molecule has 3 heterocycles. The van der Waals surface area contributed by atoms with Gasteiger partial charge in [-0.05, 0) is 45.7 Å². The number of aromatic nitrogens is 1. The molecule has 1 fully saturated rings. The molecular weight excluding hydrogens is 282 g/mol. The number of nitrogens with zero attached hydrogens (tertiary/aromatic N) is 2. The summed E-state index contributed by atoms with van der Waals surface area (Å²) in [5.74, 6) is 2.36. The Bertz CT molecular complexity index is 661. The van der Waals surface area contributed by atoms with Crippen LogP contribution >= 0.6 is 0 Å². The second-order valence-corrected chi connectivity index (χ2v) is 5.84. The number of amides is 2. The van der Waals surface area contributed by atoms with Crippen LogP contribution in [0.4, 0.5) is 4.79 Å². The molecule has 0 radical (unpaired) electrons. The van der Waals surface area contributed by atoms with Crippen LogP contribution in [0.1, 0.15) is 54.8 Å². The van der Waals surface area contributed by atoms with Gasteiger partial charge in [0.2, 0.25) is 0 Å². The van der Waals surface area contributed by atoms with Crippen LogP contribution in [0.3, 0.4) is 0 Å². The van der Waals surface area contributed by atoms with Crippen molar-refractivity contribution in [1.82, 2.24) is 15.4 Å². The summed E-state index contributed by atoms with van der Waals surface area (Å²) in [5.41, 5.74) is 0.835. The molecule has 2 atom stereocenters. The molecule has 0 unspecified atom stereocenters. The number of likely N-dealkylation sites (tertiary alicyclic amines) is 1. The molecule has 2 aromatic rings. The molecule has 1 aliphatic rings. The molecule has 1 saturated heterocycles. The Balaban J connectivity index is 1.68. The maximum Gasteiger partial charge on any atom is 0.318 e. The molecule has 6 nitrogen and oxygen atoms in total. The van der Waals surface area contributed by atoms with Gasteiger partial charge in [-0.15, -0.1) is 0 Å². The van der Waals surface area contributed by atoms with Crippen LogP contribution in [0.5, 0.6) is 0 Å². The number of rotatable bonds is 3. The molecule has 6 heteroatoms. The van der Waals surface area contributed by atoms with Crippen LogP contribution in [-0.2, 0) is 0 Å². The fraction of sp³-hybridized carbons (Fsp3) is 0.500. The van der Waals surface area contributed by atoms with E-state index in [-0.39, 0.29) is 18.1 Å². The van der Waals surface area contributed by atoms with Crippen molar-refractivity contribution in [3.63, 3.8) is 0 Å². The van der Waals surface area contributed by atoms with E-state index in [9.17, 15) is 4.79 Å². The molecule has 0 aliphatic carbocycles. The van der Waals surface area contributed by atoms with Crippen molar-refractivity contribution < 1.29 is 13.7 Å². The van der Waals surface area contributed by atoms with E-state index in [2.05, 4.69) is 10.5 Å². The summed E-state index contributed by atoms with van der Waals surface area (Å²) in [4.78, 5) is 14.3. The van der Waals surface area contributed by atoms with Gasteiger partial charge in [0.1, 0.15) is 11.5 Å². The molecule has 2 aromatic heterocycles. The van der Waals surface area contributed by atoms with E-state index in [4.69, 9.17) is 8.94 Å². The minimum absolute atomic E-state index is 0.0354. The molecule has 2 amide bonds. The SMILES string of the molecule is Cc1cc([C@@H]2CCCN2C(=O)N[C@@H](C)c2ccc(C)o2)on1. The number of carbonyl (C=O) groups excluding carboxylic acids is 1. The predicted octanol–water partition coefficient (Wildman–Crippen LogP) is 3.49. The van der Waals surface area contributed by atoms with Crippen LogP contribution in [0.15, 0.2) is 27.1 Å². The van der Waals surface area contributed by atoms with E-state index in [1.165, 1.54) is 0 Å². The Morgan fingerprint density at radius 2 is 2.27 bits per heavy atom. The Kier molecular flexibility index (Phi) is 3.92. The van der Waals surface area contributed by atoms with Crippen molar-refractivity contribution in [2.24, 2.45) is 0 Å². The van der Waals surface area contributed by atoms with Crippen LogP contribution < -0.4 is 5.32 Å². The van der Waals surface area contributed by atoms with Gasteiger partial charge in [-0.25, -0.2) is 4.79 Å². The highest BCUT2D eigenvalue weighted by molar-refractivity contribution is 5.75. The summed E-state index contributed by atoms with van der Waals surface area (Å²) >= 11 is 0. The predicted molar refractivity (Wildman–Crippen MR) is 80.3 cm³/mol. The maximum atomic E-state index is 12.5. The quantitative estimate of drug-likeness (QED) is 0.942. The van der Waals surface area contributed by atoms with E-state index >= 15 is 0 Å². The Labute approximate surface area is 129 Å². The summed E-state index contributed by atoms with van der Waals surface area (Å²) in [5, 5.41) is 6.91. The lowest BCUT2D eigenvalue weighted by atomic mass is 10.1. The fourth-order valence-corrected chi connectivity index (χ4v) is 2.87. The lowest BCUT2D eigenvalue weighted by molar-refractivity contribution is 0.178. The minimum Gasteiger partial charge on any atom is -0.464 e. The Morgan fingerprint density at radius 3 is 2.91 bits per heavy atom. The van der Waals surface area contributed by atoms with Gasteiger partial charge in [0.05, 0.1) is 17.8 Å². The highest BCUT2D eigenvalue weighted by atomic mass is 16.5. The largest absolute Gasteiger partial charge is 0.464 e. The zero-order valence-electron chi connectivity index (χ0n) is 13.1. The van der Waals surface area contributed by atoms with Crippen molar-refractivity contribution in [3.8, 4) is 0 Å². The first kappa shape index (κ1) is 14.7. The molecule has 22 heavy (non-hydrogen) atoms. The molecule has 118 valence electrons. The first-order valence-corrected chi connectivity index (χ1v) is 7.61. The zero-order chi connectivity index (χ0) is 15.7. The van der Waals surface area contributed by atoms with Crippen molar-refractivity contribution in [3.05, 3.63) is 41.2 Å². The summed E-state index contributed by atoms with van der Waals surface area (Å²) in [6.07, 6.45) is 1.86. The van der Waals surface area contributed by atoms with Gasteiger partial charge in [-0.3, -0.25) is 0 Å². The average molecular weight is 303 g/mol. The average Bonchev–Trinajstić information content (AvgIpc) is 3.17.